The molecule has 110 valence electrons. The average molecular weight is 275 g/mol. The Labute approximate surface area is 121 Å². The van der Waals surface area contributed by atoms with Crippen molar-refractivity contribution in [3.8, 4) is 0 Å². The highest BCUT2D eigenvalue weighted by Gasteiger charge is 2.40. The summed E-state index contributed by atoms with van der Waals surface area (Å²) in [5.41, 5.74) is 3.40. The first-order chi connectivity index (χ1) is 9.41. The molecule has 0 aromatic heterocycles. The molecule has 20 heavy (non-hydrogen) atoms. The van der Waals surface area contributed by atoms with E-state index in [4.69, 9.17) is 0 Å². The maximum Gasteiger partial charge on any atom is 0.234 e. The van der Waals surface area contributed by atoms with Gasteiger partial charge >= 0.3 is 0 Å². The maximum atomic E-state index is 12.1. The number of aliphatic hydroxyl groups is 1. The van der Waals surface area contributed by atoms with Crippen LogP contribution in [0.3, 0.4) is 0 Å². The summed E-state index contributed by atoms with van der Waals surface area (Å²) in [6, 6.07) is 4.14. The largest absolute Gasteiger partial charge is 0.388 e. The third-order valence-electron chi connectivity index (χ3n) is 4.31. The quantitative estimate of drug-likeness (QED) is 0.860. The van der Waals surface area contributed by atoms with E-state index in [1.54, 1.807) is 0 Å². The predicted octanol–water partition coefficient (Wildman–Crippen LogP) is 3.70. The molecule has 0 saturated carbocycles. The van der Waals surface area contributed by atoms with Crippen LogP contribution >= 0.6 is 0 Å². The Morgan fingerprint density at radius 3 is 2.60 bits per heavy atom. The molecule has 3 nitrogen and oxygen atoms in total. The van der Waals surface area contributed by atoms with Crippen LogP contribution in [-0.4, -0.2) is 11.0 Å². The van der Waals surface area contributed by atoms with Crippen molar-refractivity contribution in [2.75, 3.05) is 5.32 Å². The lowest BCUT2D eigenvalue weighted by molar-refractivity contribution is -0.119. The maximum absolute atomic E-state index is 12.1. The van der Waals surface area contributed by atoms with Crippen LogP contribution in [0.4, 0.5) is 5.69 Å². The van der Waals surface area contributed by atoms with E-state index >= 15 is 0 Å². The van der Waals surface area contributed by atoms with Gasteiger partial charge in [0.1, 0.15) is 0 Å². The van der Waals surface area contributed by atoms with E-state index in [9.17, 15) is 9.90 Å². The Bertz CT molecular complexity index is 520. The highest BCUT2D eigenvalue weighted by Crippen LogP contribution is 2.43. The van der Waals surface area contributed by atoms with Crippen molar-refractivity contribution in [3.05, 3.63) is 28.8 Å². The number of fused-ring (bicyclic) bond motifs is 1. The smallest absolute Gasteiger partial charge is 0.234 e. The third kappa shape index (κ3) is 2.47. The summed E-state index contributed by atoms with van der Waals surface area (Å²) in [4.78, 5) is 12.1. The molecular formula is C17H25NO2. The van der Waals surface area contributed by atoms with Gasteiger partial charge in [0.2, 0.25) is 5.91 Å². The minimum atomic E-state index is -0.514. The average Bonchev–Trinajstić information content (AvgIpc) is 2.66. The zero-order chi connectivity index (χ0) is 14.9. The predicted molar refractivity (Wildman–Crippen MR) is 82.0 cm³/mol. The topological polar surface area (TPSA) is 49.3 Å². The summed E-state index contributed by atoms with van der Waals surface area (Å²) in [6.07, 6.45) is 3.20. The van der Waals surface area contributed by atoms with Crippen LogP contribution in [0.15, 0.2) is 12.1 Å². The number of hydrogen-bond acceptors (Lipinski definition) is 2. The number of nitrogens with one attached hydrogen (secondary N) is 1. The summed E-state index contributed by atoms with van der Waals surface area (Å²) >= 11 is 0. The summed E-state index contributed by atoms with van der Waals surface area (Å²) in [5.74, 6) is 0.0182. The first kappa shape index (κ1) is 15.0. The van der Waals surface area contributed by atoms with Crippen molar-refractivity contribution < 1.29 is 9.90 Å². The van der Waals surface area contributed by atoms with Gasteiger partial charge in [-0.2, -0.15) is 0 Å². The molecule has 1 unspecified atom stereocenters. The molecule has 2 rings (SSSR count). The molecule has 3 heteroatoms. The van der Waals surface area contributed by atoms with Crippen LogP contribution in [0.2, 0.25) is 0 Å². The molecule has 0 spiro atoms. The number of aliphatic hydroxyl groups excluding tert-OH is 1. The number of carbonyl (C=O) groups excluding carboxylic acids is 1. The second-order valence-electron chi connectivity index (χ2n) is 6.20. The standard InChI is InChI=1S/C17H25NO2/c1-5-7-8-14(19)12-9-11(6-2)10-13-15(12)18-16(20)17(13,3)4/h9-10,14,19H,5-8H2,1-4H3,(H,18,20). The van der Waals surface area contributed by atoms with Gasteiger partial charge in [0.05, 0.1) is 17.2 Å². The number of carbonyl (C=O) groups is 1. The lowest BCUT2D eigenvalue weighted by Crippen LogP contribution is -2.26. The highest BCUT2D eigenvalue weighted by molar-refractivity contribution is 6.06. The van der Waals surface area contributed by atoms with Crippen LogP contribution in [-0.2, 0) is 16.6 Å². The SMILES string of the molecule is CCCCC(O)c1cc(CC)cc2c1NC(=O)C2(C)C. The molecule has 1 aliphatic rings. The van der Waals surface area contributed by atoms with Crippen molar-refractivity contribution >= 4 is 11.6 Å². The molecule has 1 amide bonds. The van der Waals surface area contributed by atoms with Gasteiger partial charge in [0.15, 0.2) is 0 Å². The monoisotopic (exact) mass is 275 g/mol. The fourth-order valence-electron chi connectivity index (χ4n) is 2.77. The Hall–Kier alpha value is -1.35. The molecule has 0 fully saturated rings. The first-order valence-electron chi connectivity index (χ1n) is 7.58. The molecule has 0 saturated heterocycles. The van der Waals surface area contributed by atoms with Crippen molar-refractivity contribution in [1.82, 2.24) is 0 Å². The van der Waals surface area contributed by atoms with Gasteiger partial charge in [-0.1, -0.05) is 38.8 Å². The first-order valence-corrected chi connectivity index (χ1v) is 7.58. The van der Waals surface area contributed by atoms with E-state index < -0.39 is 11.5 Å². The van der Waals surface area contributed by atoms with Gasteiger partial charge in [-0.25, -0.2) is 0 Å². The van der Waals surface area contributed by atoms with E-state index in [2.05, 4.69) is 25.2 Å². The lowest BCUT2D eigenvalue weighted by Gasteiger charge is -2.19. The van der Waals surface area contributed by atoms with E-state index in [-0.39, 0.29) is 5.91 Å². The number of anilines is 1. The molecule has 1 aliphatic heterocycles. The van der Waals surface area contributed by atoms with Gasteiger partial charge in [-0.3, -0.25) is 4.79 Å². The summed E-state index contributed by atoms with van der Waals surface area (Å²) < 4.78 is 0. The van der Waals surface area contributed by atoms with Crippen LogP contribution in [0.5, 0.6) is 0 Å². The summed E-state index contributed by atoms with van der Waals surface area (Å²) in [7, 11) is 0. The van der Waals surface area contributed by atoms with E-state index in [0.717, 1.165) is 42.5 Å². The van der Waals surface area contributed by atoms with E-state index in [0.29, 0.717) is 0 Å². The number of amides is 1. The second-order valence-corrected chi connectivity index (χ2v) is 6.20. The normalized spacial score (nSPS) is 17.8. The summed E-state index contributed by atoms with van der Waals surface area (Å²) in [6.45, 7) is 8.09. The zero-order valence-electron chi connectivity index (χ0n) is 12.9. The second kappa shape index (κ2) is 5.57. The molecule has 1 aromatic rings. The Balaban J connectivity index is 2.48. The highest BCUT2D eigenvalue weighted by atomic mass is 16.3. The molecule has 0 radical (unpaired) electrons. The van der Waals surface area contributed by atoms with Gasteiger partial charge < -0.3 is 10.4 Å². The van der Waals surface area contributed by atoms with Crippen molar-refractivity contribution in [3.63, 3.8) is 0 Å². The minimum Gasteiger partial charge on any atom is -0.388 e. The minimum absolute atomic E-state index is 0.0182. The van der Waals surface area contributed by atoms with Crippen LogP contribution in [0.25, 0.3) is 0 Å². The number of aryl methyl sites for hydroxylation is 1. The molecule has 2 N–H and O–H groups in total. The van der Waals surface area contributed by atoms with E-state index in [1.165, 1.54) is 5.56 Å². The Morgan fingerprint density at radius 2 is 2.00 bits per heavy atom. The number of unbranched alkanes of at least 4 members (excludes halogenated alkanes) is 1. The fraction of sp³-hybridized carbons (Fsp3) is 0.588. The van der Waals surface area contributed by atoms with Crippen molar-refractivity contribution in [2.24, 2.45) is 0 Å². The summed E-state index contributed by atoms with van der Waals surface area (Å²) in [5, 5.41) is 13.4. The molecule has 1 aromatic carbocycles. The zero-order valence-corrected chi connectivity index (χ0v) is 12.9. The fourth-order valence-corrected chi connectivity index (χ4v) is 2.77. The molecule has 1 heterocycles. The molecular weight excluding hydrogens is 250 g/mol. The van der Waals surface area contributed by atoms with Gasteiger partial charge in [-0.15, -0.1) is 0 Å². The van der Waals surface area contributed by atoms with Crippen LogP contribution in [0, 0.1) is 0 Å². The molecule has 0 aliphatic carbocycles. The third-order valence-corrected chi connectivity index (χ3v) is 4.31. The van der Waals surface area contributed by atoms with Crippen molar-refractivity contribution in [1.29, 1.82) is 0 Å². The number of rotatable bonds is 5. The van der Waals surface area contributed by atoms with Gasteiger partial charge in [0, 0.05) is 5.56 Å². The van der Waals surface area contributed by atoms with Gasteiger partial charge in [-0.05, 0) is 37.8 Å². The van der Waals surface area contributed by atoms with Crippen LogP contribution < -0.4 is 5.32 Å². The number of benzene rings is 1. The Morgan fingerprint density at radius 1 is 1.30 bits per heavy atom. The molecule has 1 atom stereocenters. The number of hydrogen-bond donors (Lipinski definition) is 2. The van der Waals surface area contributed by atoms with Crippen LogP contribution in [0.1, 0.15) is 69.8 Å². The molecule has 0 bridgehead atoms. The van der Waals surface area contributed by atoms with Gasteiger partial charge in [0.25, 0.3) is 0 Å². The van der Waals surface area contributed by atoms with Crippen molar-refractivity contribution in [2.45, 2.75) is 64.9 Å². The Kier molecular flexibility index (Phi) is 4.19. The lowest BCUT2D eigenvalue weighted by atomic mass is 9.83. The van der Waals surface area contributed by atoms with E-state index in [1.807, 2.05) is 19.9 Å².